The predicted octanol–water partition coefficient (Wildman–Crippen LogP) is 2.30. The van der Waals surface area contributed by atoms with Crippen LogP contribution in [0.2, 0.25) is 0 Å². The Morgan fingerprint density at radius 1 is 1.33 bits per heavy atom. The van der Waals surface area contributed by atoms with Crippen LogP contribution in [0.1, 0.15) is 10.4 Å². The van der Waals surface area contributed by atoms with E-state index in [-0.39, 0.29) is 0 Å². The molecule has 0 unspecified atom stereocenters. The van der Waals surface area contributed by atoms with Gasteiger partial charge >= 0.3 is 0 Å². The third-order valence-corrected chi connectivity index (χ3v) is 2.72. The van der Waals surface area contributed by atoms with Crippen molar-refractivity contribution in [2.45, 2.75) is 0 Å². The fourth-order valence-electron chi connectivity index (χ4n) is 1.19. The van der Waals surface area contributed by atoms with Crippen molar-refractivity contribution in [3.63, 3.8) is 0 Å². The fraction of sp³-hybridized carbons (Fsp3) is 0. The van der Waals surface area contributed by atoms with E-state index in [1.807, 2.05) is 17.5 Å². The molecule has 0 saturated heterocycles. The molecule has 0 spiro atoms. The Balaban J connectivity index is 2.86. The van der Waals surface area contributed by atoms with E-state index in [4.69, 9.17) is 5.73 Å². The second-order valence-corrected chi connectivity index (χ2v) is 3.47. The summed E-state index contributed by atoms with van der Waals surface area (Å²) in [6.45, 7) is 0. The van der Waals surface area contributed by atoms with Crippen molar-refractivity contribution in [1.82, 2.24) is 0 Å². The number of hydrogen-bond acceptors (Lipinski definition) is 3. The van der Waals surface area contributed by atoms with Gasteiger partial charge in [-0.25, -0.2) is 0 Å². The first-order valence-corrected chi connectivity index (χ1v) is 4.42. The average Bonchev–Trinajstić information content (AvgIpc) is 2.53. The molecule has 2 N–H and O–H groups in total. The standard InChI is InChI=1S/C9H7NOS/c10-9-6(5-11)1-2-8-7(9)3-4-12-8/h1-5H,10H2. The molecule has 2 nitrogen and oxygen atoms in total. The van der Waals surface area contributed by atoms with Crippen LogP contribution in [-0.4, -0.2) is 6.29 Å². The number of thiophene rings is 1. The van der Waals surface area contributed by atoms with Crippen LogP contribution in [0.15, 0.2) is 23.6 Å². The molecule has 2 aromatic rings. The van der Waals surface area contributed by atoms with E-state index in [0.717, 1.165) is 16.4 Å². The quantitative estimate of drug-likeness (QED) is 0.536. The molecule has 12 heavy (non-hydrogen) atoms. The van der Waals surface area contributed by atoms with Crippen LogP contribution in [0.25, 0.3) is 10.1 Å². The molecule has 0 atom stereocenters. The highest BCUT2D eigenvalue weighted by molar-refractivity contribution is 7.17. The van der Waals surface area contributed by atoms with Crippen LogP contribution >= 0.6 is 11.3 Å². The molecule has 0 fully saturated rings. The van der Waals surface area contributed by atoms with Crippen LogP contribution in [0.4, 0.5) is 5.69 Å². The molecule has 0 bridgehead atoms. The Morgan fingerprint density at radius 3 is 2.92 bits per heavy atom. The molecular weight excluding hydrogens is 170 g/mol. The molecule has 0 aliphatic rings. The molecule has 1 aromatic carbocycles. The highest BCUT2D eigenvalue weighted by Crippen LogP contribution is 2.27. The maximum absolute atomic E-state index is 10.5. The largest absolute Gasteiger partial charge is 0.398 e. The maximum atomic E-state index is 10.5. The van der Waals surface area contributed by atoms with Gasteiger partial charge in [0.2, 0.25) is 0 Å². The number of rotatable bonds is 1. The van der Waals surface area contributed by atoms with E-state index in [2.05, 4.69) is 0 Å². The zero-order valence-corrected chi connectivity index (χ0v) is 7.10. The van der Waals surface area contributed by atoms with Crippen LogP contribution in [0, 0.1) is 0 Å². The molecule has 0 aliphatic carbocycles. The van der Waals surface area contributed by atoms with Gasteiger partial charge in [0.1, 0.15) is 0 Å². The summed E-state index contributed by atoms with van der Waals surface area (Å²) in [4.78, 5) is 10.5. The lowest BCUT2D eigenvalue weighted by Crippen LogP contribution is -1.91. The van der Waals surface area contributed by atoms with Crippen molar-refractivity contribution in [1.29, 1.82) is 0 Å². The summed E-state index contributed by atoms with van der Waals surface area (Å²) in [5.41, 5.74) is 6.91. The zero-order valence-electron chi connectivity index (χ0n) is 6.28. The third-order valence-electron chi connectivity index (χ3n) is 1.84. The minimum atomic E-state index is 0.570. The molecule has 1 aromatic heterocycles. The monoisotopic (exact) mass is 177 g/mol. The first-order chi connectivity index (χ1) is 5.83. The van der Waals surface area contributed by atoms with Crippen LogP contribution in [0.5, 0.6) is 0 Å². The van der Waals surface area contributed by atoms with Gasteiger partial charge in [-0.2, -0.15) is 0 Å². The molecule has 0 aliphatic heterocycles. The summed E-state index contributed by atoms with van der Waals surface area (Å²) in [5.74, 6) is 0. The van der Waals surface area contributed by atoms with Crippen molar-refractivity contribution >= 4 is 33.4 Å². The van der Waals surface area contributed by atoms with Crippen molar-refractivity contribution in [3.05, 3.63) is 29.1 Å². The van der Waals surface area contributed by atoms with Gasteiger partial charge in [-0.3, -0.25) is 4.79 Å². The summed E-state index contributed by atoms with van der Waals surface area (Å²) in [5, 5.41) is 2.94. The van der Waals surface area contributed by atoms with E-state index in [9.17, 15) is 4.79 Å². The summed E-state index contributed by atoms with van der Waals surface area (Å²) >= 11 is 1.62. The molecule has 3 heteroatoms. The van der Waals surface area contributed by atoms with E-state index in [0.29, 0.717) is 11.3 Å². The van der Waals surface area contributed by atoms with Gasteiger partial charge in [0.05, 0.1) is 5.69 Å². The molecule has 0 saturated carbocycles. The number of hydrogen-bond donors (Lipinski definition) is 1. The van der Waals surface area contributed by atoms with Gasteiger partial charge in [-0.15, -0.1) is 11.3 Å². The number of carbonyl (C=O) groups is 1. The summed E-state index contributed by atoms with van der Waals surface area (Å²) in [6.07, 6.45) is 0.784. The number of carbonyl (C=O) groups excluding carboxylic acids is 1. The van der Waals surface area contributed by atoms with Gasteiger partial charge in [0.25, 0.3) is 0 Å². The van der Waals surface area contributed by atoms with Gasteiger partial charge in [0, 0.05) is 15.6 Å². The third kappa shape index (κ3) is 0.905. The number of benzene rings is 1. The molecule has 60 valence electrons. The van der Waals surface area contributed by atoms with Gasteiger partial charge in [-0.1, -0.05) is 0 Å². The Hall–Kier alpha value is -1.35. The number of aldehydes is 1. The molecule has 1 heterocycles. The number of anilines is 1. The van der Waals surface area contributed by atoms with Crippen molar-refractivity contribution < 1.29 is 4.79 Å². The summed E-state index contributed by atoms with van der Waals surface area (Å²) < 4.78 is 1.12. The second-order valence-electron chi connectivity index (χ2n) is 2.52. The van der Waals surface area contributed by atoms with Crippen LogP contribution in [-0.2, 0) is 0 Å². The second kappa shape index (κ2) is 2.60. The topological polar surface area (TPSA) is 43.1 Å². The Labute approximate surface area is 73.6 Å². The Kier molecular flexibility index (Phi) is 1.59. The number of nitrogen functional groups attached to an aromatic ring is 1. The number of fused-ring (bicyclic) bond motifs is 1. The first-order valence-electron chi connectivity index (χ1n) is 3.54. The first kappa shape index (κ1) is 7.31. The Morgan fingerprint density at radius 2 is 2.17 bits per heavy atom. The van der Waals surface area contributed by atoms with E-state index >= 15 is 0 Å². The van der Waals surface area contributed by atoms with E-state index in [1.165, 1.54) is 0 Å². The summed E-state index contributed by atoms with van der Waals surface area (Å²) in [6, 6.07) is 5.60. The van der Waals surface area contributed by atoms with Crippen LogP contribution in [0.3, 0.4) is 0 Å². The lowest BCUT2D eigenvalue weighted by atomic mass is 10.1. The molecule has 2 rings (SSSR count). The molecular formula is C9H7NOS. The van der Waals surface area contributed by atoms with Crippen LogP contribution < -0.4 is 5.73 Å². The minimum absolute atomic E-state index is 0.570. The SMILES string of the molecule is Nc1c(C=O)ccc2sccc12. The Bertz CT molecular complexity index is 433. The van der Waals surface area contributed by atoms with Crippen molar-refractivity contribution in [2.24, 2.45) is 0 Å². The number of nitrogens with two attached hydrogens (primary N) is 1. The van der Waals surface area contributed by atoms with E-state index in [1.54, 1.807) is 17.4 Å². The van der Waals surface area contributed by atoms with Gasteiger partial charge in [0.15, 0.2) is 6.29 Å². The van der Waals surface area contributed by atoms with Gasteiger partial charge < -0.3 is 5.73 Å². The van der Waals surface area contributed by atoms with Crippen molar-refractivity contribution in [2.75, 3.05) is 5.73 Å². The molecule has 0 radical (unpaired) electrons. The lowest BCUT2D eigenvalue weighted by Gasteiger charge is -1.98. The lowest BCUT2D eigenvalue weighted by molar-refractivity contribution is 0.112. The zero-order chi connectivity index (χ0) is 8.55. The van der Waals surface area contributed by atoms with E-state index < -0.39 is 0 Å². The highest BCUT2D eigenvalue weighted by Gasteiger charge is 2.03. The molecule has 0 amide bonds. The van der Waals surface area contributed by atoms with Gasteiger partial charge in [-0.05, 0) is 23.6 Å². The maximum Gasteiger partial charge on any atom is 0.152 e. The predicted molar refractivity (Wildman–Crippen MR) is 51.6 cm³/mol. The smallest absolute Gasteiger partial charge is 0.152 e. The average molecular weight is 177 g/mol. The normalized spacial score (nSPS) is 10.3. The fourth-order valence-corrected chi connectivity index (χ4v) is 1.99. The minimum Gasteiger partial charge on any atom is -0.398 e. The highest BCUT2D eigenvalue weighted by atomic mass is 32.1. The van der Waals surface area contributed by atoms with Crippen molar-refractivity contribution in [3.8, 4) is 0 Å². The summed E-state index contributed by atoms with van der Waals surface area (Å²) in [7, 11) is 0.